The minimum Gasteiger partial charge on any atom is -0.357 e. The van der Waals surface area contributed by atoms with Gasteiger partial charge in [0.15, 0.2) is 0 Å². The van der Waals surface area contributed by atoms with Gasteiger partial charge >= 0.3 is 0 Å². The van der Waals surface area contributed by atoms with Crippen molar-refractivity contribution in [1.82, 2.24) is 10.3 Å². The molecule has 1 saturated heterocycles. The third-order valence-corrected chi connectivity index (χ3v) is 3.89. The van der Waals surface area contributed by atoms with E-state index in [1.807, 2.05) is 0 Å². The number of hydrogen-bond acceptors (Lipinski definition) is 3. The van der Waals surface area contributed by atoms with Crippen LogP contribution in [0.4, 0.5) is 5.82 Å². The Bertz CT molecular complexity index is 398. The van der Waals surface area contributed by atoms with Crippen LogP contribution in [0, 0.1) is 0 Å². The van der Waals surface area contributed by atoms with Gasteiger partial charge in [-0.05, 0) is 24.5 Å². The predicted octanol–water partition coefficient (Wildman–Crippen LogP) is 3.61. The fourth-order valence-corrected chi connectivity index (χ4v) is 2.56. The lowest BCUT2D eigenvalue weighted by atomic mass is 10.2. The molecule has 1 aliphatic rings. The fraction of sp³-hybridized carbons (Fsp3) is 0.667. The summed E-state index contributed by atoms with van der Waals surface area (Å²) in [6.07, 6.45) is 7.00. The van der Waals surface area contributed by atoms with Crippen LogP contribution >= 0.6 is 11.6 Å². The van der Waals surface area contributed by atoms with E-state index in [0.29, 0.717) is 6.04 Å². The van der Waals surface area contributed by atoms with Crippen molar-refractivity contribution in [1.29, 1.82) is 0 Å². The molecule has 1 N–H and O–H groups in total. The van der Waals surface area contributed by atoms with Gasteiger partial charge in [-0.25, -0.2) is 4.98 Å². The molecule has 0 atom stereocenters. The lowest BCUT2D eigenvalue weighted by molar-refractivity contribution is 0.588. The van der Waals surface area contributed by atoms with Gasteiger partial charge in [0, 0.05) is 31.9 Å². The molecule has 1 fully saturated rings. The van der Waals surface area contributed by atoms with Gasteiger partial charge in [0.1, 0.15) is 5.82 Å². The van der Waals surface area contributed by atoms with E-state index >= 15 is 0 Å². The Balaban J connectivity index is 2.10. The zero-order valence-electron chi connectivity index (χ0n) is 12.0. The molecule has 19 heavy (non-hydrogen) atoms. The van der Waals surface area contributed by atoms with E-state index in [9.17, 15) is 0 Å². The number of halogens is 1. The zero-order chi connectivity index (χ0) is 13.7. The Morgan fingerprint density at radius 1 is 1.26 bits per heavy atom. The summed E-state index contributed by atoms with van der Waals surface area (Å²) in [5.41, 5.74) is 1.14. The number of nitrogens with zero attached hydrogens (tertiary/aromatic N) is 2. The summed E-state index contributed by atoms with van der Waals surface area (Å²) in [7, 11) is 0. The Kier molecular flexibility index (Phi) is 5.46. The van der Waals surface area contributed by atoms with E-state index < -0.39 is 0 Å². The molecule has 0 aliphatic carbocycles. The molecule has 1 aromatic rings. The summed E-state index contributed by atoms with van der Waals surface area (Å²) < 4.78 is 0. The van der Waals surface area contributed by atoms with Gasteiger partial charge < -0.3 is 10.2 Å². The number of aromatic nitrogens is 1. The molecule has 4 heteroatoms. The normalized spacial score (nSPS) is 16.7. The summed E-state index contributed by atoms with van der Waals surface area (Å²) >= 11 is 6.23. The standard InChI is InChI=1S/C15H24ClN3/c1-12(2)17-10-13-9-15(18-11-14(13)16)19-7-5-3-4-6-8-19/h9,11-12,17H,3-8,10H2,1-2H3. The summed E-state index contributed by atoms with van der Waals surface area (Å²) in [5.74, 6) is 1.08. The van der Waals surface area contributed by atoms with Crippen molar-refractivity contribution < 1.29 is 0 Å². The van der Waals surface area contributed by atoms with E-state index in [-0.39, 0.29) is 0 Å². The third kappa shape index (κ3) is 4.36. The second kappa shape index (κ2) is 7.11. The predicted molar refractivity (Wildman–Crippen MR) is 81.9 cm³/mol. The highest BCUT2D eigenvalue weighted by molar-refractivity contribution is 6.31. The molecule has 0 bridgehead atoms. The van der Waals surface area contributed by atoms with Gasteiger partial charge in [0.2, 0.25) is 0 Å². The molecule has 2 heterocycles. The van der Waals surface area contributed by atoms with E-state index in [2.05, 4.69) is 35.1 Å². The van der Waals surface area contributed by atoms with Crippen molar-refractivity contribution in [3.8, 4) is 0 Å². The van der Waals surface area contributed by atoms with E-state index in [1.54, 1.807) is 6.20 Å². The van der Waals surface area contributed by atoms with Crippen molar-refractivity contribution in [2.24, 2.45) is 0 Å². The molecule has 0 spiro atoms. The van der Waals surface area contributed by atoms with Gasteiger partial charge in [0.05, 0.1) is 5.02 Å². The maximum absolute atomic E-state index is 6.23. The van der Waals surface area contributed by atoms with Gasteiger partial charge in [-0.3, -0.25) is 0 Å². The van der Waals surface area contributed by atoms with Crippen LogP contribution in [0.15, 0.2) is 12.3 Å². The SMILES string of the molecule is CC(C)NCc1cc(N2CCCCCC2)ncc1Cl. The lowest BCUT2D eigenvalue weighted by Crippen LogP contribution is -2.26. The first-order valence-corrected chi connectivity index (χ1v) is 7.67. The summed E-state index contributed by atoms with van der Waals surface area (Å²) in [6.45, 7) is 7.33. The van der Waals surface area contributed by atoms with Crippen LogP contribution < -0.4 is 10.2 Å². The van der Waals surface area contributed by atoms with Crippen molar-refractivity contribution in [2.45, 2.75) is 52.1 Å². The molecular formula is C15H24ClN3. The summed E-state index contributed by atoms with van der Waals surface area (Å²) in [4.78, 5) is 6.89. The number of rotatable bonds is 4. The van der Waals surface area contributed by atoms with Gasteiger partial charge in [-0.2, -0.15) is 0 Å². The van der Waals surface area contributed by atoms with E-state index in [4.69, 9.17) is 11.6 Å². The molecule has 2 rings (SSSR count). The Labute approximate surface area is 121 Å². The zero-order valence-corrected chi connectivity index (χ0v) is 12.7. The number of hydrogen-bond donors (Lipinski definition) is 1. The minimum atomic E-state index is 0.464. The summed E-state index contributed by atoms with van der Waals surface area (Å²) in [5, 5.41) is 4.17. The van der Waals surface area contributed by atoms with E-state index in [1.165, 1.54) is 25.7 Å². The average molecular weight is 282 g/mol. The second-order valence-corrected chi connectivity index (χ2v) is 5.98. The maximum Gasteiger partial charge on any atom is 0.128 e. The molecule has 0 saturated carbocycles. The maximum atomic E-state index is 6.23. The quantitative estimate of drug-likeness (QED) is 0.914. The van der Waals surface area contributed by atoms with Crippen LogP contribution in [0.3, 0.4) is 0 Å². The molecule has 0 unspecified atom stereocenters. The van der Waals surface area contributed by atoms with Gasteiger partial charge in [-0.1, -0.05) is 38.3 Å². The average Bonchev–Trinajstić information content (AvgIpc) is 2.66. The smallest absolute Gasteiger partial charge is 0.128 e. The molecule has 0 amide bonds. The van der Waals surface area contributed by atoms with Crippen LogP contribution in [-0.2, 0) is 6.54 Å². The Morgan fingerprint density at radius 2 is 1.95 bits per heavy atom. The van der Waals surface area contributed by atoms with Crippen molar-refractivity contribution in [3.63, 3.8) is 0 Å². The van der Waals surface area contributed by atoms with Crippen molar-refractivity contribution >= 4 is 17.4 Å². The molecule has 1 aromatic heterocycles. The Hall–Kier alpha value is -0.800. The van der Waals surface area contributed by atoms with Crippen molar-refractivity contribution in [2.75, 3.05) is 18.0 Å². The Morgan fingerprint density at radius 3 is 2.58 bits per heavy atom. The molecule has 106 valence electrons. The molecule has 0 radical (unpaired) electrons. The lowest BCUT2D eigenvalue weighted by Gasteiger charge is -2.22. The van der Waals surface area contributed by atoms with Gasteiger partial charge in [0.25, 0.3) is 0 Å². The van der Waals surface area contributed by atoms with Gasteiger partial charge in [-0.15, -0.1) is 0 Å². The highest BCUT2D eigenvalue weighted by Gasteiger charge is 2.13. The second-order valence-electron chi connectivity index (χ2n) is 5.57. The molecule has 1 aliphatic heterocycles. The number of anilines is 1. The van der Waals surface area contributed by atoms with Crippen LogP contribution in [0.2, 0.25) is 5.02 Å². The topological polar surface area (TPSA) is 28.2 Å². The van der Waals surface area contributed by atoms with Crippen LogP contribution in [-0.4, -0.2) is 24.1 Å². The minimum absolute atomic E-state index is 0.464. The first-order chi connectivity index (χ1) is 9.16. The largest absolute Gasteiger partial charge is 0.357 e. The number of nitrogens with one attached hydrogen (secondary N) is 1. The summed E-state index contributed by atoms with van der Waals surface area (Å²) in [6, 6.07) is 2.61. The molecule has 3 nitrogen and oxygen atoms in total. The molecule has 0 aromatic carbocycles. The number of pyridine rings is 1. The van der Waals surface area contributed by atoms with Crippen molar-refractivity contribution in [3.05, 3.63) is 22.8 Å². The molecular weight excluding hydrogens is 258 g/mol. The highest BCUT2D eigenvalue weighted by Crippen LogP contribution is 2.22. The van der Waals surface area contributed by atoms with Crippen LogP contribution in [0.1, 0.15) is 45.1 Å². The first-order valence-electron chi connectivity index (χ1n) is 7.29. The highest BCUT2D eigenvalue weighted by atomic mass is 35.5. The van der Waals surface area contributed by atoms with Crippen LogP contribution in [0.5, 0.6) is 0 Å². The van der Waals surface area contributed by atoms with Crippen LogP contribution in [0.25, 0.3) is 0 Å². The monoisotopic (exact) mass is 281 g/mol. The van der Waals surface area contributed by atoms with E-state index in [0.717, 1.165) is 36.0 Å². The third-order valence-electron chi connectivity index (χ3n) is 3.55. The first kappa shape index (κ1) is 14.6. The fourth-order valence-electron chi connectivity index (χ4n) is 2.39.